The molecule has 31 heavy (non-hydrogen) atoms. The number of ether oxygens (including phenoxy) is 1. The highest BCUT2D eigenvalue weighted by atomic mass is 16.5. The van der Waals surface area contributed by atoms with Gasteiger partial charge in [0.2, 0.25) is 0 Å². The van der Waals surface area contributed by atoms with E-state index in [-0.39, 0.29) is 0 Å². The Morgan fingerprint density at radius 2 is 1.71 bits per heavy atom. The number of nitrogens with one attached hydrogen (secondary N) is 1. The summed E-state index contributed by atoms with van der Waals surface area (Å²) >= 11 is 0. The van der Waals surface area contributed by atoms with Crippen LogP contribution >= 0.6 is 0 Å². The summed E-state index contributed by atoms with van der Waals surface area (Å²) in [5, 5.41) is 2.46. The maximum Gasteiger partial charge on any atom is 0.138 e. The lowest BCUT2D eigenvalue weighted by atomic mass is 10.0. The zero-order valence-corrected chi connectivity index (χ0v) is 18.4. The second kappa shape index (κ2) is 9.21. The Labute approximate surface area is 184 Å². The molecule has 0 atom stereocenters. The van der Waals surface area contributed by atoms with Crippen molar-refractivity contribution in [3.8, 4) is 11.1 Å². The largest absolute Gasteiger partial charge is 0.379 e. The fraction of sp³-hybridized carbons (Fsp3) is 0.370. The van der Waals surface area contributed by atoms with Crippen molar-refractivity contribution in [2.24, 2.45) is 0 Å². The van der Waals surface area contributed by atoms with E-state index in [0.29, 0.717) is 0 Å². The zero-order chi connectivity index (χ0) is 21.0. The Hall–Kier alpha value is -2.69. The average molecular weight is 414 g/mol. The van der Waals surface area contributed by atoms with Gasteiger partial charge in [-0.05, 0) is 53.8 Å². The van der Waals surface area contributed by atoms with Crippen LogP contribution in [0.25, 0.3) is 33.1 Å². The summed E-state index contributed by atoms with van der Waals surface area (Å²) in [6, 6.07) is 20.1. The highest BCUT2D eigenvalue weighted by Crippen LogP contribution is 2.30. The van der Waals surface area contributed by atoms with E-state index in [1.54, 1.807) is 0 Å². The lowest BCUT2D eigenvalue weighted by molar-refractivity contribution is 0.0342. The van der Waals surface area contributed by atoms with Crippen LogP contribution in [0.3, 0.4) is 0 Å². The van der Waals surface area contributed by atoms with Gasteiger partial charge >= 0.3 is 0 Å². The van der Waals surface area contributed by atoms with Crippen LogP contribution in [0.15, 0.2) is 54.6 Å². The predicted octanol–water partition coefficient (Wildman–Crippen LogP) is 5.95. The third kappa shape index (κ3) is 4.51. The number of benzene rings is 2. The van der Waals surface area contributed by atoms with E-state index < -0.39 is 0 Å². The minimum absolute atomic E-state index is 0.845. The molecule has 160 valence electrons. The molecule has 2 aromatic heterocycles. The number of unbranched alkanes of at least 4 members (excludes halogenated alkanes) is 2. The number of hydrogen-bond acceptors (Lipinski definition) is 3. The Balaban J connectivity index is 1.37. The molecule has 4 heteroatoms. The van der Waals surface area contributed by atoms with Gasteiger partial charge < -0.3 is 9.72 Å². The van der Waals surface area contributed by atoms with Crippen molar-refractivity contribution in [3.63, 3.8) is 0 Å². The number of aryl methyl sites for hydroxylation is 1. The molecule has 0 bridgehead atoms. The van der Waals surface area contributed by atoms with Crippen LogP contribution in [-0.4, -0.2) is 41.2 Å². The minimum atomic E-state index is 0.845. The second-order valence-electron chi connectivity index (χ2n) is 8.63. The molecule has 0 aliphatic carbocycles. The maximum absolute atomic E-state index is 5.45. The molecule has 4 nitrogen and oxygen atoms in total. The van der Waals surface area contributed by atoms with Gasteiger partial charge in [-0.3, -0.25) is 4.90 Å². The molecule has 3 heterocycles. The number of morpholine rings is 1. The van der Waals surface area contributed by atoms with Gasteiger partial charge in [0.15, 0.2) is 0 Å². The van der Waals surface area contributed by atoms with Crippen LogP contribution in [0, 0.1) is 0 Å². The van der Waals surface area contributed by atoms with Crippen LogP contribution in [0.1, 0.15) is 37.4 Å². The van der Waals surface area contributed by atoms with Crippen LogP contribution in [-0.2, 0) is 17.7 Å². The van der Waals surface area contributed by atoms with E-state index in [9.17, 15) is 0 Å². The van der Waals surface area contributed by atoms with E-state index in [0.717, 1.165) is 50.4 Å². The molecule has 0 unspecified atom stereocenters. The molecular formula is C27H31N3O. The van der Waals surface area contributed by atoms with E-state index in [4.69, 9.17) is 9.72 Å². The molecule has 1 saturated heterocycles. The van der Waals surface area contributed by atoms with Gasteiger partial charge in [0.25, 0.3) is 0 Å². The molecule has 1 fully saturated rings. The monoisotopic (exact) mass is 413 g/mol. The quantitative estimate of drug-likeness (QED) is 0.381. The molecule has 2 aromatic carbocycles. The number of H-pyrrole nitrogens is 1. The Kier molecular flexibility index (Phi) is 6.01. The summed E-state index contributed by atoms with van der Waals surface area (Å²) < 4.78 is 5.45. The fourth-order valence-electron chi connectivity index (χ4n) is 4.51. The average Bonchev–Trinajstić information content (AvgIpc) is 3.17. The molecular weight excluding hydrogens is 382 g/mol. The van der Waals surface area contributed by atoms with Gasteiger partial charge in [-0.2, -0.15) is 0 Å². The van der Waals surface area contributed by atoms with Crippen molar-refractivity contribution >= 4 is 21.9 Å². The van der Waals surface area contributed by atoms with Gasteiger partial charge in [0.1, 0.15) is 5.65 Å². The summed E-state index contributed by atoms with van der Waals surface area (Å²) in [4.78, 5) is 10.9. The molecule has 5 rings (SSSR count). The third-order valence-electron chi connectivity index (χ3n) is 6.35. The molecule has 0 saturated carbocycles. The number of aromatic nitrogens is 2. The van der Waals surface area contributed by atoms with Gasteiger partial charge in [0, 0.05) is 41.6 Å². The number of aromatic amines is 1. The standard InChI is InChI=1S/C27H31N3O/c1-2-3-4-5-23-11-12-24-25-18-22(10-13-26(25)29-27(24)28-23)21-8-6-20(7-9-21)19-30-14-16-31-17-15-30/h6-13,18H,2-5,14-17,19H2,1H3,(H,28,29). The molecule has 1 aliphatic rings. The minimum Gasteiger partial charge on any atom is -0.379 e. The summed E-state index contributed by atoms with van der Waals surface area (Å²) in [6.07, 6.45) is 4.77. The lowest BCUT2D eigenvalue weighted by Gasteiger charge is -2.26. The first-order valence-corrected chi connectivity index (χ1v) is 11.6. The number of hydrogen-bond donors (Lipinski definition) is 1. The molecule has 1 N–H and O–H groups in total. The van der Waals surface area contributed by atoms with Gasteiger partial charge in [-0.25, -0.2) is 4.98 Å². The number of pyridine rings is 1. The van der Waals surface area contributed by atoms with E-state index >= 15 is 0 Å². The van der Waals surface area contributed by atoms with Crippen molar-refractivity contribution in [1.29, 1.82) is 0 Å². The second-order valence-corrected chi connectivity index (χ2v) is 8.63. The molecule has 0 spiro atoms. The summed E-state index contributed by atoms with van der Waals surface area (Å²) in [7, 11) is 0. The topological polar surface area (TPSA) is 41.2 Å². The summed E-state index contributed by atoms with van der Waals surface area (Å²) in [6.45, 7) is 6.97. The van der Waals surface area contributed by atoms with E-state index in [2.05, 4.69) is 71.4 Å². The first kappa shape index (κ1) is 20.2. The van der Waals surface area contributed by atoms with Crippen molar-refractivity contribution in [2.75, 3.05) is 26.3 Å². The number of fused-ring (bicyclic) bond motifs is 3. The lowest BCUT2D eigenvalue weighted by Crippen LogP contribution is -2.35. The SMILES string of the molecule is CCCCCc1ccc2c(n1)[nH]c1ccc(-c3ccc(CN4CCOCC4)cc3)cc12. The van der Waals surface area contributed by atoms with E-state index in [1.807, 2.05) is 0 Å². The first-order chi connectivity index (χ1) is 15.3. The first-order valence-electron chi connectivity index (χ1n) is 11.6. The van der Waals surface area contributed by atoms with Gasteiger partial charge in [-0.1, -0.05) is 50.1 Å². The fourth-order valence-corrected chi connectivity index (χ4v) is 4.51. The van der Waals surface area contributed by atoms with Gasteiger partial charge in [-0.15, -0.1) is 0 Å². The smallest absolute Gasteiger partial charge is 0.138 e. The molecule has 0 amide bonds. The third-order valence-corrected chi connectivity index (χ3v) is 6.35. The number of nitrogens with zero attached hydrogens (tertiary/aromatic N) is 2. The number of rotatable bonds is 7. The van der Waals surface area contributed by atoms with Gasteiger partial charge in [0.05, 0.1) is 13.2 Å². The Morgan fingerprint density at radius 3 is 2.52 bits per heavy atom. The highest BCUT2D eigenvalue weighted by molar-refractivity contribution is 6.07. The molecule has 0 radical (unpaired) electrons. The van der Waals surface area contributed by atoms with Crippen LogP contribution < -0.4 is 0 Å². The van der Waals surface area contributed by atoms with Crippen molar-refractivity contribution in [3.05, 3.63) is 65.9 Å². The van der Waals surface area contributed by atoms with Crippen LogP contribution in [0.4, 0.5) is 0 Å². The normalized spacial score (nSPS) is 15.1. The summed E-state index contributed by atoms with van der Waals surface area (Å²) in [5.41, 5.74) is 7.20. The molecule has 4 aromatic rings. The van der Waals surface area contributed by atoms with E-state index in [1.165, 1.54) is 52.4 Å². The van der Waals surface area contributed by atoms with Crippen molar-refractivity contribution in [1.82, 2.24) is 14.9 Å². The Bertz CT molecular complexity index is 1160. The Morgan fingerprint density at radius 1 is 0.903 bits per heavy atom. The zero-order valence-electron chi connectivity index (χ0n) is 18.4. The van der Waals surface area contributed by atoms with Crippen molar-refractivity contribution in [2.45, 2.75) is 39.2 Å². The summed E-state index contributed by atoms with van der Waals surface area (Å²) in [5.74, 6) is 0. The predicted molar refractivity (Wildman–Crippen MR) is 128 cm³/mol. The van der Waals surface area contributed by atoms with Crippen LogP contribution in [0.2, 0.25) is 0 Å². The maximum atomic E-state index is 5.45. The van der Waals surface area contributed by atoms with Crippen molar-refractivity contribution < 1.29 is 4.74 Å². The molecule has 1 aliphatic heterocycles. The van der Waals surface area contributed by atoms with Crippen LogP contribution in [0.5, 0.6) is 0 Å². The highest BCUT2D eigenvalue weighted by Gasteiger charge is 2.11.